The molecule has 122 valence electrons. The van der Waals surface area contributed by atoms with E-state index in [4.69, 9.17) is 4.74 Å². The van der Waals surface area contributed by atoms with Crippen molar-refractivity contribution < 1.29 is 22.7 Å². The largest absolute Gasteiger partial charge is 0.464 e. The van der Waals surface area contributed by atoms with Gasteiger partial charge in [0.05, 0.1) is 36.7 Å². The summed E-state index contributed by atoms with van der Waals surface area (Å²) in [5, 5.41) is 2.52. The number of carbonyl (C=O) groups is 1. The van der Waals surface area contributed by atoms with Crippen molar-refractivity contribution in [1.29, 1.82) is 0 Å². The highest BCUT2D eigenvalue weighted by molar-refractivity contribution is 5.91. The number of ether oxygens (including phenoxy) is 1. The van der Waals surface area contributed by atoms with Gasteiger partial charge in [-0.2, -0.15) is 13.2 Å². The van der Waals surface area contributed by atoms with Gasteiger partial charge in [-0.25, -0.2) is 9.97 Å². The first kappa shape index (κ1) is 16.7. The minimum Gasteiger partial charge on any atom is -0.464 e. The number of carbonyl (C=O) groups excluding carboxylic acids is 1. The number of rotatable bonds is 5. The minimum atomic E-state index is -4.44. The summed E-state index contributed by atoms with van der Waals surface area (Å²) in [5.41, 5.74) is -0.179. The Hall–Kier alpha value is -2.64. The third-order valence-corrected chi connectivity index (χ3v) is 2.80. The van der Waals surface area contributed by atoms with Gasteiger partial charge in [-0.3, -0.25) is 4.79 Å². The van der Waals surface area contributed by atoms with Crippen molar-refractivity contribution >= 4 is 11.6 Å². The number of alkyl halides is 3. The van der Waals surface area contributed by atoms with Gasteiger partial charge in [-0.15, -0.1) is 0 Å². The Balaban J connectivity index is 1.99. The summed E-state index contributed by atoms with van der Waals surface area (Å²) in [7, 11) is 0. The average molecular weight is 325 g/mol. The Kier molecular flexibility index (Phi) is 5.15. The number of hydrogen-bond acceptors (Lipinski definition) is 4. The zero-order valence-electron chi connectivity index (χ0n) is 12.2. The van der Waals surface area contributed by atoms with Crippen LogP contribution in [-0.4, -0.2) is 22.5 Å². The van der Waals surface area contributed by atoms with Gasteiger partial charge in [0.1, 0.15) is 0 Å². The second kappa shape index (κ2) is 7.08. The van der Waals surface area contributed by atoms with E-state index in [0.717, 1.165) is 12.1 Å². The van der Waals surface area contributed by atoms with Crippen LogP contribution in [0.4, 0.5) is 18.9 Å². The molecule has 0 spiro atoms. The maximum absolute atomic E-state index is 12.6. The van der Waals surface area contributed by atoms with Crippen LogP contribution in [0.1, 0.15) is 18.1 Å². The van der Waals surface area contributed by atoms with Gasteiger partial charge < -0.3 is 10.1 Å². The van der Waals surface area contributed by atoms with Gasteiger partial charge in [-0.1, -0.05) is 18.2 Å². The molecule has 2 aromatic rings. The van der Waals surface area contributed by atoms with E-state index in [1.165, 1.54) is 24.5 Å². The van der Waals surface area contributed by atoms with Crippen LogP contribution in [-0.2, 0) is 17.4 Å². The molecule has 0 atom stereocenters. The topological polar surface area (TPSA) is 64.1 Å². The molecule has 1 aromatic heterocycles. The molecule has 0 aliphatic rings. The summed E-state index contributed by atoms with van der Waals surface area (Å²) in [6.07, 6.45) is -1.89. The summed E-state index contributed by atoms with van der Waals surface area (Å²) in [6, 6.07) is 4.83. The fourth-order valence-electron chi connectivity index (χ4n) is 1.83. The van der Waals surface area contributed by atoms with Crippen molar-refractivity contribution in [3.63, 3.8) is 0 Å². The van der Waals surface area contributed by atoms with Crippen LogP contribution in [0.15, 0.2) is 36.7 Å². The molecule has 0 aliphatic carbocycles. The van der Waals surface area contributed by atoms with Gasteiger partial charge in [0, 0.05) is 0 Å². The lowest BCUT2D eigenvalue weighted by Gasteiger charge is -2.09. The lowest BCUT2D eigenvalue weighted by molar-refractivity contribution is -0.137. The van der Waals surface area contributed by atoms with E-state index >= 15 is 0 Å². The molecular weight excluding hydrogens is 311 g/mol. The van der Waals surface area contributed by atoms with Crippen LogP contribution in [0.2, 0.25) is 0 Å². The van der Waals surface area contributed by atoms with Crippen molar-refractivity contribution in [1.82, 2.24) is 9.97 Å². The summed E-state index contributed by atoms with van der Waals surface area (Å²) in [4.78, 5) is 19.6. The maximum Gasteiger partial charge on any atom is 0.416 e. The Morgan fingerprint density at radius 2 is 1.96 bits per heavy atom. The first-order valence-corrected chi connectivity index (χ1v) is 6.79. The monoisotopic (exact) mass is 325 g/mol. The van der Waals surface area contributed by atoms with Crippen LogP contribution in [0.3, 0.4) is 0 Å². The highest BCUT2D eigenvalue weighted by Gasteiger charge is 2.30. The van der Waals surface area contributed by atoms with E-state index in [1.807, 2.05) is 0 Å². The van der Waals surface area contributed by atoms with E-state index in [-0.39, 0.29) is 18.0 Å². The van der Waals surface area contributed by atoms with Crippen molar-refractivity contribution in [2.75, 3.05) is 11.9 Å². The number of anilines is 1. The van der Waals surface area contributed by atoms with Crippen LogP contribution < -0.4 is 10.1 Å². The van der Waals surface area contributed by atoms with E-state index in [9.17, 15) is 18.0 Å². The fraction of sp³-hybridized carbons (Fsp3) is 0.267. The first-order valence-electron chi connectivity index (χ1n) is 6.79. The second-order valence-corrected chi connectivity index (χ2v) is 4.61. The standard InChI is InChI=1S/C15H14F3N3O2/c1-2-23-14-19-8-12(9-20-14)21-13(22)7-10-4-3-5-11(6-10)15(16,17)18/h3-6,8-9H,2,7H2,1H3,(H,21,22). The first-order chi connectivity index (χ1) is 10.9. The molecule has 2 rings (SSSR count). The van der Waals surface area contributed by atoms with Gasteiger partial charge in [-0.05, 0) is 18.6 Å². The molecule has 1 heterocycles. The summed E-state index contributed by atoms with van der Waals surface area (Å²) in [6.45, 7) is 2.20. The van der Waals surface area contributed by atoms with Crippen molar-refractivity contribution in [3.05, 3.63) is 47.8 Å². The molecule has 0 radical (unpaired) electrons. The SMILES string of the molecule is CCOc1ncc(NC(=O)Cc2cccc(C(F)(F)F)c2)cn1. The van der Waals surface area contributed by atoms with Gasteiger partial charge in [0.15, 0.2) is 0 Å². The van der Waals surface area contributed by atoms with Crippen LogP contribution in [0, 0.1) is 0 Å². The molecule has 0 saturated carbocycles. The molecule has 0 bridgehead atoms. The summed E-state index contributed by atoms with van der Waals surface area (Å²) in [5.74, 6) is -0.461. The molecule has 8 heteroatoms. The minimum absolute atomic E-state index is 0.183. The molecule has 0 unspecified atom stereocenters. The number of halogens is 3. The number of hydrogen-bond donors (Lipinski definition) is 1. The molecular formula is C15H14F3N3O2. The highest BCUT2D eigenvalue weighted by Crippen LogP contribution is 2.29. The van der Waals surface area contributed by atoms with Crippen LogP contribution >= 0.6 is 0 Å². The fourth-order valence-corrected chi connectivity index (χ4v) is 1.83. The zero-order valence-corrected chi connectivity index (χ0v) is 12.2. The number of nitrogens with one attached hydrogen (secondary N) is 1. The zero-order chi connectivity index (χ0) is 16.9. The normalized spacial score (nSPS) is 11.1. The third-order valence-electron chi connectivity index (χ3n) is 2.80. The molecule has 1 N–H and O–H groups in total. The molecule has 0 aliphatic heterocycles. The number of aromatic nitrogens is 2. The van der Waals surface area contributed by atoms with Crippen LogP contribution in [0.5, 0.6) is 6.01 Å². The summed E-state index contributed by atoms with van der Waals surface area (Å²) < 4.78 is 42.9. The number of amides is 1. The maximum atomic E-state index is 12.6. The lowest BCUT2D eigenvalue weighted by atomic mass is 10.1. The molecule has 0 saturated heterocycles. The molecule has 1 amide bonds. The van der Waals surface area contributed by atoms with Crippen molar-refractivity contribution in [2.24, 2.45) is 0 Å². The van der Waals surface area contributed by atoms with Crippen molar-refractivity contribution in [2.45, 2.75) is 19.5 Å². The van der Waals surface area contributed by atoms with E-state index in [2.05, 4.69) is 15.3 Å². The Morgan fingerprint density at radius 3 is 2.57 bits per heavy atom. The molecule has 23 heavy (non-hydrogen) atoms. The summed E-state index contributed by atoms with van der Waals surface area (Å²) >= 11 is 0. The molecule has 5 nitrogen and oxygen atoms in total. The van der Waals surface area contributed by atoms with E-state index in [1.54, 1.807) is 6.92 Å². The van der Waals surface area contributed by atoms with E-state index in [0.29, 0.717) is 12.3 Å². The lowest BCUT2D eigenvalue weighted by Crippen LogP contribution is -2.15. The Bertz CT molecular complexity index is 672. The number of nitrogens with zero attached hydrogens (tertiary/aromatic N) is 2. The van der Waals surface area contributed by atoms with Crippen LogP contribution in [0.25, 0.3) is 0 Å². The predicted molar refractivity (Wildman–Crippen MR) is 77.0 cm³/mol. The Morgan fingerprint density at radius 1 is 1.26 bits per heavy atom. The Labute approximate surface area is 130 Å². The third kappa shape index (κ3) is 4.94. The highest BCUT2D eigenvalue weighted by atomic mass is 19.4. The molecule has 0 fully saturated rings. The smallest absolute Gasteiger partial charge is 0.416 e. The van der Waals surface area contributed by atoms with Gasteiger partial charge in [0.25, 0.3) is 0 Å². The van der Waals surface area contributed by atoms with Gasteiger partial charge in [0.2, 0.25) is 5.91 Å². The second-order valence-electron chi connectivity index (χ2n) is 4.61. The quantitative estimate of drug-likeness (QED) is 0.917. The van der Waals surface area contributed by atoms with Crippen molar-refractivity contribution in [3.8, 4) is 6.01 Å². The predicted octanol–water partition coefficient (Wildman–Crippen LogP) is 3.08. The average Bonchev–Trinajstić information content (AvgIpc) is 2.49. The molecule has 1 aromatic carbocycles. The van der Waals surface area contributed by atoms with Gasteiger partial charge >= 0.3 is 12.2 Å². The van der Waals surface area contributed by atoms with E-state index < -0.39 is 17.6 Å². The number of benzene rings is 1.